The summed E-state index contributed by atoms with van der Waals surface area (Å²) in [6.45, 7) is 1.80. The van der Waals surface area contributed by atoms with Crippen LogP contribution in [0.1, 0.15) is 18.8 Å². The minimum atomic E-state index is -0.249. The first-order valence-electron chi connectivity index (χ1n) is 8.91. The molecule has 4 aromatic rings. The second kappa shape index (κ2) is 7.51. The Morgan fingerprint density at radius 3 is 2.61 bits per heavy atom. The van der Waals surface area contributed by atoms with E-state index in [9.17, 15) is 4.79 Å². The quantitative estimate of drug-likeness (QED) is 0.558. The molecule has 28 heavy (non-hydrogen) atoms. The minimum Gasteiger partial charge on any atom is -0.482 e. The lowest BCUT2D eigenvalue weighted by atomic mass is 10.3. The first-order chi connectivity index (χ1) is 13.6. The predicted octanol–water partition coefficient (Wildman–Crippen LogP) is 2.41. The molecule has 0 saturated heterocycles. The number of ether oxygens (including phenoxy) is 1. The molecule has 0 fully saturated rings. The summed E-state index contributed by atoms with van der Waals surface area (Å²) in [6.07, 6.45) is 3.16. The van der Waals surface area contributed by atoms with Gasteiger partial charge < -0.3 is 14.6 Å². The lowest BCUT2D eigenvalue weighted by Crippen LogP contribution is -2.32. The van der Waals surface area contributed by atoms with Crippen LogP contribution in [0.4, 0.5) is 0 Å². The van der Waals surface area contributed by atoms with Crippen LogP contribution in [0.15, 0.2) is 61.2 Å². The number of nitrogens with zero attached hydrogens (tertiary/aromatic N) is 5. The second-order valence-corrected chi connectivity index (χ2v) is 6.43. The monoisotopic (exact) mass is 376 g/mol. The number of carbonyl (C=O) groups is 1. The molecule has 0 radical (unpaired) electrons. The Morgan fingerprint density at radius 2 is 1.82 bits per heavy atom. The number of imidazole rings is 1. The van der Waals surface area contributed by atoms with Gasteiger partial charge >= 0.3 is 0 Å². The Kier molecular flexibility index (Phi) is 4.76. The van der Waals surface area contributed by atoms with Crippen molar-refractivity contribution < 1.29 is 9.53 Å². The summed E-state index contributed by atoms with van der Waals surface area (Å²) < 4.78 is 9.45. The van der Waals surface area contributed by atoms with Crippen molar-refractivity contribution in [1.29, 1.82) is 0 Å². The summed E-state index contributed by atoms with van der Waals surface area (Å²) in [5.74, 6) is 1.14. The maximum atomic E-state index is 12.4. The van der Waals surface area contributed by atoms with Gasteiger partial charge in [-0.25, -0.2) is 4.98 Å². The van der Waals surface area contributed by atoms with Gasteiger partial charge in [0.25, 0.3) is 5.91 Å². The molecular weight excluding hydrogens is 356 g/mol. The predicted molar refractivity (Wildman–Crippen MR) is 104 cm³/mol. The van der Waals surface area contributed by atoms with Crippen molar-refractivity contribution in [1.82, 2.24) is 29.6 Å². The van der Waals surface area contributed by atoms with Crippen molar-refractivity contribution in [3.05, 3.63) is 67.0 Å². The standard InChI is InChI=1S/C20H20N6O2/c1-14(20-24-15-7-3-4-8-16(15)25(20)2)23-19(27)11-28-18-10-6-5-9-17(18)26-12-21-22-13-26/h3-10,12-14H,11H2,1-2H3,(H,23,27)/t14-/m0/s1. The summed E-state index contributed by atoms with van der Waals surface area (Å²) in [7, 11) is 1.94. The van der Waals surface area contributed by atoms with Gasteiger partial charge in [-0.05, 0) is 31.2 Å². The molecule has 8 nitrogen and oxygen atoms in total. The van der Waals surface area contributed by atoms with E-state index in [1.165, 1.54) is 0 Å². The normalized spacial score (nSPS) is 12.1. The van der Waals surface area contributed by atoms with Crippen LogP contribution in [0.3, 0.4) is 0 Å². The average Bonchev–Trinajstić information content (AvgIpc) is 3.35. The van der Waals surface area contributed by atoms with Crippen LogP contribution in [0.5, 0.6) is 5.75 Å². The van der Waals surface area contributed by atoms with E-state index in [1.807, 2.05) is 61.0 Å². The number of hydrogen-bond acceptors (Lipinski definition) is 5. The average molecular weight is 376 g/mol. The molecule has 2 heterocycles. The van der Waals surface area contributed by atoms with Gasteiger partial charge in [0, 0.05) is 7.05 Å². The number of benzene rings is 2. The first-order valence-corrected chi connectivity index (χ1v) is 8.91. The van der Waals surface area contributed by atoms with E-state index in [4.69, 9.17) is 4.74 Å². The number of aromatic nitrogens is 5. The number of fused-ring (bicyclic) bond motifs is 1. The van der Waals surface area contributed by atoms with E-state index in [2.05, 4.69) is 20.5 Å². The second-order valence-electron chi connectivity index (χ2n) is 6.43. The molecular formula is C20H20N6O2. The van der Waals surface area contributed by atoms with Crippen molar-refractivity contribution in [2.24, 2.45) is 7.05 Å². The van der Waals surface area contributed by atoms with Crippen LogP contribution >= 0.6 is 0 Å². The molecule has 0 bridgehead atoms. The highest BCUT2D eigenvalue weighted by atomic mass is 16.5. The van der Waals surface area contributed by atoms with Crippen LogP contribution in [0.25, 0.3) is 16.7 Å². The zero-order valence-electron chi connectivity index (χ0n) is 15.6. The third-order valence-corrected chi connectivity index (χ3v) is 4.51. The van der Waals surface area contributed by atoms with Crippen LogP contribution in [0.2, 0.25) is 0 Å². The van der Waals surface area contributed by atoms with E-state index in [0.717, 1.165) is 22.5 Å². The third kappa shape index (κ3) is 3.44. The molecule has 2 aromatic carbocycles. The highest BCUT2D eigenvalue weighted by Gasteiger charge is 2.17. The Balaban J connectivity index is 1.43. The summed E-state index contributed by atoms with van der Waals surface area (Å²) in [5.41, 5.74) is 2.70. The minimum absolute atomic E-state index is 0.104. The lowest BCUT2D eigenvalue weighted by molar-refractivity contribution is -0.123. The molecule has 2 aromatic heterocycles. The molecule has 1 atom stereocenters. The molecule has 4 rings (SSSR count). The van der Waals surface area contributed by atoms with Gasteiger partial charge in [-0.3, -0.25) is 9.36 Å². The van der Waals surface area contributed by atoms with Crippen molar-refractivity contribution in [3.8, 4) is 11.4 Å². The Bertz CT molecular complexity index is 1100. The number of rotatable bonds is 6. The van der Waals surface area contributed by atoms with Crippen LogP contribution < -0.4 is 10.1 Å². The van der Waals surface area contributed by atoms with Crippen LogP contribution in [-0.4, -0.2) is 36.8 Å². The largest absolute Gasteiger partial charge is 0.482 e. The van der Waals surface area contributed by atoms with Gasteiger partial charge in [0.1, 0.15) is 24.2 Å². The molecule has 0 aliphatic carbocycles. The number of carbonyl (C=O) groups excluding carboxylic acids is 1. The molecule has 0 aliphatic rings. The van der Waals surface area contributed by atoms with Gasteiger partial charge in [0.15, 0.2) is 6.61 Å². The Morgan fingerprint density at radius 1 is 1.11 bits per heavy atom. The van der Waals surface area contributed by atoms with E-state index < -0.39 is 0 Å². The number of amides is 1. The van der Waals surface area contributed by atoms with Crippen LogP contribution in [-0.2, 0) is 11.8 Å². The van der Waals surface area contributed by atoms with E-state index in [0.29, 0.717) is 5.75 Å². The zero-order chi connectivity index (χ0) is 19.5. The van der Waals surface area contributed by atoms with E-state index in [-0.39, 0.29) is 18.6 Å². The molecule has 0 spiro atoms. The van der Waals surface area contributed by atoms with Gasteiger partial charge in [-0.15, -0.1) is 10.2 Å². The molecule has 0 unspecified atom stereocenters. The van der Waals surface area contributed by atoms with E-state index >= 15 is 0 Å². The van der Waals surface area contributed by atoms with Crippen molar-refractivity contribution in [2.45, 2.75) is 13.0 Å². The number of para-hydroxylation sites is 4. The SMILES string of the molecule is C[C@H](NC(=O)COc1ccccc1-n1cnnc1)c1nc2ccccc2n1C. The molecule has 1 amide bonds. The first kappa shape index (κ1) is 17.7. The molecule has 0 aliphatic heterocycles. The smallest absolute Gasteiger partial charge is 0.258 e. The Labute approximate surface area is 161 Å². The van der Waals surface area contributed by atoms with E-state index in [1.54, 1.807) is 23.3 Å². The highest BCUT2D eigenvalue weighted by molar-refractivity contribution is 5.79. The van der Waals surface area contributed by atoms with Gasteiger partial charge in [-0.2, -0.15) is 0 Å². The number of nitrogens with one attached hydrogen (secondary N) is 1. The highest BCUT2D eigenvalue weighted by Crippen LogP contribution is 2.22. The van der Waals surface area contributed by atoms with Crippen molar-refractivity contribution in [3.63, 3.8) is 0 Å². The van der Waals surface area contributed by atoms with Gasteiger partial charge in [-0.1, -0.05) is 24.3 Å². The number of hydrogen-bond donors (Lipinski definition) is 1. The van der Waals surface area contributed by atoms with Gasteiger partial charge in [0.05, 0.1) is 22.8 Å². The maximum absolute atomic E-state index is 12.4. The van der Waals surface area contributed by atoms with Crippen LogP contribution in [0, 0.1) is 0 Å². The van der Waals surface area contributed by atoms with Crippen molar-refractivity contribution >= 4 is 16.9 Å². The fourth-order valence-electron chi connectivity index (χ4n) is 3.16. The summed E-state index contributed by atoms with van der Waals surface area (Å²) in [6, 6.07) is 15.0. The molecule has 142 valence electrons. The van der Waals surface area contributed by atoms with Crippen molar-refractivity contribution in [2.75, 3.05) is 6.61 Å². The third-order valence-electron chi connectivity index (χ3n) is 4.51. The molecule has 8 heteroatoms. The summed E-state index contributed by atoms with van der Waals surface area (Å²) in [4.78, 5) is 17.0. The van der Waals surface area contributed by atoms with Gasteiger partial charge in [0.2, 0.25) is 0 Å². The summed E-state index contributed by atoms with van der Waals surface area (Å²) in [5, 5.41) is 10.5. The fraction of sp³-hybridized carbons (Fsp3) is 0.200. The lowest BCUT2D eigenvalue weighted by Gasteiger charge is -2.15. The fourth-order valence-corrected chi connectivity index (χ4v) is 3.16. The number of aryl methyl sites for hydroxylation is 1. The maximum Gasteiger partial charge on any atom is 0.258 e. The Hall–Kier alpha value is -3.68. The molecule has 1 N–H and O–H groups in total. The topological polar surface area (TPSA) is 86.9 Å². The zero-order valence-corrected chi connectivity index (χ0v) is 15.6. The molecule has 0 saturated carbocycles. The summed E-state index contributed by atoms with van der Waals surface area (Å²) >= 11 is 0.